The molecule has 0 saturated carbocycles. The largest absolute Gasteiger partial charge is 0.368 e. The van der Waals surface area contributed by atoms with Gasteiger partial charge in [-0.15, -0.1) is 0 Å². The van der Waals surface area contributed by atoms with Crippen LogP contribution in [0.15, 0.2) is 53.2 Å². The molecule has 0 aliphatic carbocycles. The van der Waals surface area contributed by atoms with Crippen LogP contribution in [0.2, 0.25) is 0 Å². The Hall–Kier alpha value is -3.72. The average molecular weight is 465 g/mol. The first-order valence-corrected chi connectivity index (χ1v) is 11.6. The summed E-state index contributed by atoms with van der Waals surface area (Å²) in [6, 6.07) is 11.7. The minimum atomic E-state index is -0.146. The molecule has 172 valence electrons. The molecule has 0 radical (unpaired) electrons. The van der Waals surface area contributed by atoms with Crippen LogP contribution in [0.25, 0.3) is 17.5 Å². The Morgan fingerprint density at radius 1 is 0.939 bits per heavy atom. The van der Waals surface area contributed by atoms with Crippen LogP contribution < -0.4 is 21.3 Å². The highest BCUT2D eigenvalue weighted by Crippen LogP contribution is 2.24. The molecule has 1 aromatic carbocycles. The number of carbonyl (C=O) groups is 2. The number of benzene rings is 1. The molecule has 33 heavy (non-hydrogen) atoms. The van der Waals surface area contributed by atoms with E-state index in [4.69, 9.17) is 0 Å². The molecule has 0 atom stereocenters. The van der Waals surface area contributed by atoms with Crippen LogP contribution in [0.3, 0.4) is 0 Å². The highest BCUT2D eigenvalue weighted by Gasteiger charge is 2.12. The van der Waals surface area contributed by atoms with E-state index in [-0.39, 0.29) is 11.8 Å². The minimum absolute atomic E-state index is 0.0734. The lowest BCUT2D eigenvalue weighted by molar-refractivity contribution is -0.119. The first kappa shape index (κ1) is 23.9. The molecule has 9 heteroatoms. The van der Waals surface area contributed by atoms with Crippen LogP contribution in [-0.4, -0.2) is 48.0 Å². The summed E-state index contributed by atoms with van der Waals surface area (Å²) in [6.07, 6.45) is 3.32. The van der Waals surface area contributed by atoms with Gasteiger partial charge in [0, 0.05) is 50.3 Å². The number of nitrogens with one attached hydrogen (secondary N) is 4. The van der Waals surface area contributed by atoms with Crippen molar-refractivity contribution in [3.63, 3.8) is 0 Å². The fraction of sp³-hybridized carbons (Fsp3) is 0.250. The quantitative estimate of drug-likeness (QED) is 0.256. The topological polar surface area (TPSA) is 108 Å². The van der Waals surface area contributed by atoms with Crippen molar-refractivity contribution in [1.82, 2.24) is 20.6 Å². The van der Waals surface area contributed by atoms with E-state index < -0.39 is 0 Å². The van der Waals surface area contributed by atoms with Gasteiger partial charge in [0.05, 0.1) is 0 Å². The monoisotopic (exact) mass is 464 g/mol. The molecule has 0 spiro atoms. The summed E-state index contributed by atoms with van der Waals surface area (Å²) in [5.74, 6) is 1.75. The zero-order valence-electron chi connectivity index (χ0n) is 18.7. The van der Waals surface area contributed by atoms with Crippen molar-refractivity contribution in [2.45, 2.75) is 13.8 Å². The van der Waals surface area contributed by atoms with E-state index in [1.54, 1.807) is 17.4 Å². The Kier molecular flexibility index (Phi) is 8.96. The molecule has 3 aromatic rings. The summed E-state index contributed by atoms with van der Waals surface area (Å²) in [5, 5.41) is 16.2. The van der Waals surface area contributed by atoms with Crippen molar-refractivity contribution in [3.05, 3.63) is 64.4 Å². The van der Waals surface area contributed by atoms with Gasteiger partial charge >= 0.3 is 0 Å². The van der Waals surface area contributed by atoms with Crippen LogP contribution in [0.4, 0.5) is 11.6 Å². The van der Waals surface area contributed by atoms with Gasteiger partial charge in [-0.1, -0.05) is 30.3 Å². The number of anilines is 2. The van der Waals surface area contributed by atoms with Crippen molar-refractivity contribution < 1.29 is 9.59 Å². The maximum Gasteiger partial charge on any atom is 0.244 e. The molecule has 0 aliphatic heterocycles. The summed E-state index contributed by atoms with van der Waals surface area (Å²) < 4.78 is 0. The summed E-state index contributed by atoms with van der Waals surface area (Å²) in [4.78, 5) is 32.5. The van der Waals surface area contributed by atoms with Gasteiger partial charge in [0.15, 0.2) is 5.82 Å². The second kappa shape index (κ2) is 12.4. The predicted octanol–water partition coefficient (Wildman–Crippen LogP) is 3.30. The molecule has 0 bridgehead atoms. The Bertz CT molecular complexity index is 1080. The number of amides is 2. The second-order valence-corrected chi connectivity index (χ2v) is 8.03. The highest BCUT2D eigenvalue weighted by atomic mass is 32.1. The maximum atomic E-state index is 12.0. The first-order chi connectivity index (χ1) is 16.0. The summed E-state index contributed by atoms with van der Waals surface area (Å²) in [7, 11) is 0. The van der Waals surface area contributed by atoms with Crippen molar-refractivity contribution >= 4 is 40.9 Å². The molecule has 0 saturated heterocycles. The normalized spacial score (nSPS) is 10.7. The molecular formula is C24H28N6O2S. The van der Waals surface area contributed by atoms with E-state index >= 15 is 0 Å². The molecular weight excluding hydrogens is 436 g/mol. The van der Waals surface area contributed by atoms with Crippen molar-refractivity contribution in [2.24, 2.45) is 0 Å². The number of hydrogen-bond donors (Lipinski definition) is 4. The minimum Gasteiger partial charge on any atom is -0.368 e. The lowest BCUT2D eigenvalue weighted by Crippen LogP contribution is -2.28. The molecule has 2 heterocycles. The van der Waals surface area contributed by atoms with Crippen LogP contribution >= 0.6 is 11.3 Å². The molecule has 3 rings (SSSR count). The lowest BCUT2D eigenvalue weighted by atomic mass is 10.2. The van der Waals surface area contributed by atoms with E-state index in [0.29, 0.717) is 43.6 Å². The van der Waals surface area contributed by atoms with Crippen LogP contribution in [0, 0.1) is 6.92 Å². The number of carbonyl (C=O) groups excluding carboxylic acids is 2. The van der Waals surface area contributed by atoms with Gasteiger partial charge in [0.1, 0.15) is 11.6 Å². The molecule has 0 aliphatic rings. The third-order valence-electron chi connectivity index (χ3n) is 4.66. The smallest absolute Gasteiger partial charge is 0.244 e. The van der Waals surface area contributed by atoms with Crippen LogP contribution in [0.5, 0.6) is 0 Å². The van der Waals surface area contributed by atoms with Gasteiger partial charge in [0.2, 0.25) is 11.8 Å². The zero-order chi connectivity index (χ0) is 23.5. The fourth-order valence-corrected chi connectivity index (χ4v) is 3.59. The van der Waals surface area contributed by atoms with Gasteiger partial charge in [-0.2, -0.15) is 11.3 Å². The average Bonchev–Trinajstić information content (AvgIpc) is 3.34. The second-order valence-electron chi connectivity index (χ2n) is 7.25. The van der Waals surface area contributed by atoms with Crippen molar-refractivity contribution in [3.8, 4) is 11.4 Å². The molecule has 2 aromatic heterocycles. The van der Waals surface area contributed by atoms with Gasteiger partial charge < -0.3 is 21.3 Å². The van der Waals surface area contributed by atoms with E-state index in [0.717, 1.165) is 16.7 Å². The first-order valence-electron chi connectivity index (χ1n) is 10.7. The van der Waals surface area contributed by atoms with Gasteiger partial charge in [-0.05, 0) is 35.4 Å². The summed E-state index contributed by atoms with van der Waals surface area (Å²) >= 11 is 1.59. The standard InChI is InChI=1S/C24H28N6O2S/c1-17-22(27-13-11-25-18(2)31)29-24(20-6-4-3-5-7-20)30-23(17)28-14-12-26-21(32)9-8-19-10-15-33-16-19/h3-10,15-16H,11-14H2,1-2H3,(H,25,31)(H,26,32)(H2,27,28,29,30)/b9-8+. The van der Waals surface area contributed by atoms with Crippen LogP contribution in [-0.2, 0) is 9.59 Å². The van der Waals surface area contributed by atoms with Crippen LogP contribution in [0.1, 0.15) is 18.1 Å². The molecule has 0 fully saturated rings. The van der Waals surface area contributed by atoms with Crippen molar-refractivity contribution in [1.29, 1.82) is 0 Å². The zero-order valence-corrected chi connectivity index (χ0v) is 19.5. The van der Waals surface area contributed by atoms with E-state index in [2.05, 4.69) is 31.2 Å². The number of nitrogens with zero attached hydrogens (tertiary/aromatic N) is 2. The maximum absolute atomic E-state index is 12.0. The van der Waals surface area contributed by atoms with Gasteiger partial charge in [0.25, 0.3) is 0 Å². The highest BCUT2D eigenvalue weighted by molar-refractivity contribution is 7.08. The predicted molar refractivity (Wildman–Crippen MR) is 134 cm³/mol. The number of aromatic nitrogens is 2. The third-order valence-corrected chi connectivity index (χ3v) is 5.36. The lowest BCUT2D eigenvalue weighted by Gasteiger charge is -2.15. The molecule has 8 nitrogen and oxygen atoms in total. The van der Waals surface area contributed by atoms with E-state index in [1.807, 2.05) is 54.1 Å². The number of rotatable bonds is 11. The Balaban J connectivity index is 1.63. The third kappa shape index (κ3) is 7.73. The SMILES string of the molecule is CC(=O)NCCNc1nc(-c2ccccc2)nc(NCCNC(=O)/C=C/c2ccsc2)c1C. The number of thiophene rings is 1. The van der Waals surface area contributed by atoms with E-state index in [9.17, 15) is 9.59 Å². The Morgan fingerprint density at radius 2 is 1.61 bits per heavy atom. The van der Waals surface area contributed by atoms with Crippen molar-refractivity contribution in [2.75, 3.05) is 36.8 Å². The van der Waals surface area contributed by atoms with E-state index in [1.165, 1.54) is 13.0 Å². The van der Waals surface area contributed by atoms with Gasteiger partial charge in [-0.3, -0.25) is 9.59 Å². The Labute approximate surface area is 197 Å². The Morgan fingerprint density at radius 3 is 2.21 bits per heavy atom. The fourth-order valence-electron chi connectivity index (χ4n) is 2.96. The summed E-state index contributed by atoms with van der Waals surface area (Å²) in [6.45, 7) is 5.41. The molecule has 0 unspecified atom stereocenters. The summed E-state index contributed by atoms with van der Waals surface area (Å²) in [5.41, 5.74) is 2.77. The molecule has 4 N–H and O–H groups in total. The molecule has 2 amide bonds. The van der Waals surface area contributed by atoms with Gasteiger partial charge in [-0.25, -0.2) is 9.97 Å². The number of hydrogen-bond acceptors (Lipinski definition) is 7.